The molecule has 0 spiro atoms. The molecule has 0 aromatic heterocycles. The number of ether oxygens (including phenoxy) is 2. The lowest BCUT2D eigenvalue weighted by Gasteiger charge is -2.12. The summed E-state index contributed by atoms with van der Waals surface area (Å²) in [6, 6.07) is 10.5. The van der Waals surface area contributed by atoms with E-state index in [1.165, 1.54) is 25.5 Å². The number of primary amides is 1. The Bertz CT molecular complexity index is 787. The molecular formula is C17H16N3O5-. The highest BCUT2D eigenvalue weighted by atomic mass is 16.5. The van der Waals surface area contributed by atoms with Gasteiger partial charge < -0.3 is 25.1 Å². The first-order valence-corrected chi connectivity index (χ1v) is 7.19. The number of carboxylic acid groups (broad SMARTS) is 1. The minimum absolute atomic E-state index is 0.106. The number of nitrogens with zero attached hydrogens (tertiary/aromatic N) is 1. The molecule has 0 aliphatic carbocycles. The summed E-state index contributed by atoms with van der Waals surface area (Å²) in [7, 11) is 1.50. The van der Waals surface area contributed by atoms with Crippen molar-refractivity contribution in [2.45, 2.75) is 6.61 Å². The van der Waals surface area contributed by atoms with Crippen LogP contribution in [0.1, 0.15) is 21.5 Å². The fourth-order valence-corrected chi connectivity index (χ4v) is 1.95. The molecule has 3 N–H and O–H groups in total. The lowest BCUT2D eigenvalue weighted by atomic mass is 10.1. The number of carboxylic acids is 1. The number of nitrogens with two attached hydrogens (primary N) is 1. The van der Waals surface area contributed by atoms with Gasteiger partial charge in [-0.3, -0.25) is 0 Å². The average Bonchev–Trinajstić information content (AvgIpc) is 2.60. The standard InChI is InChI=1S/C17H17N3O5/c1-24-15-8-12(9-19-20-17(18)23)4-7-14(15)25-10-11-2-5-13(6-3-11)16(21)22/h2-9H,10H2,1H3,(H,21,22)(H3,18,20,23)/p-1. The van der Waals surface area contributed by atoms with E-state index in [0.29, 0.717) is 17.1 Å². The van der Waals surface area contributed by atoms with Crippen LogP contribution < -0.4 is 25.7 Å². The van der Waals surface area contributed by atoms with E-state index < -0.39 is 12.0 Å². The summed E-state index contributed by atoms with van der Waals surface area (Å²) in [5, 5.41) is 14.4. The van der Waals surface area contributed by atoms with Gasteiger partial charge >= 0.3 is 6.03 Å². The Morgan fingerprint density at radius 2 is 1.92 bits per heavy atom. The SMILES string of the molecule is COc1cc(C=NNC(N)=O)ccc1OCc1ccc(C(=O)[O-])cc1. The molecule has 0 aliphatic rings. The van der Waals surface area contributed by atoms with Crippen LogP contribution in [-0.2, 0) is 6.61 Å². The lowest BCUT2D eigenvalue weighted by Crippen LogP contribution is -2.24. The van der Waals surface area contributed by atoms with Gasteiger partial charge in [-0.1, -0.05) is 24.3 Å². The fourth-order valence-electron chi connectivity index (χ4n) is 1.95. The number of urea groups is 1. The molecule has 0 fully saturated rings. The van der Waals surface area contributed by atoms with Crippen molar-refractivity contribution in [1.82, 2.24) is 5.43 Å². The van der Waals surface area contributed by atoms with Gasteiger partial charge in [0.15, 0.2) is 11.5 Å². The minimum Gasteiger partial charge on any atom is -0.545 e. The normalized spacial score (nSPS) is 10.4. The van der Waals surface area contributed by atoms with E-state index in [1.54, 1.807) is 30.3 Å². The van der Waals surface area contributed by atoms with Crippen LogP contribution >= 0.6 is 0 Å². The molecule has 0 saturated carbocycles. The van der Waals surface area contributed by atoms with E-state index in [2.05, 4.69) is 10.5 Å². The maximum absolute atomic E-state index is 10.7. The third-order valence-corrected chi connectivity index (χ3v) is 3.16. The average molecular weight is 342 g/mol. The maximum atomic E-state index is 10.7. The molecule has 0 aliphatic heterocycles. The van der Waals surface area contributed by atoms with E-state index in [-0.39, 0.29) is 12.2 Å². The van der Waals surface area contributed by atoms with Crippen molar-refractivity contribution in [2.75, 3.05) is 7.11 Å². The molecule has 0 bridgehead atoms. The number of hydrazone groups is 1. The van der Waals surface area contributed by atoms with Crippen molar-refractivity contribution < 1.29 is 24.2 Å². The largest absolute Gasteiger partial charge is 0.545 e. The summed E-state index contributed by atoms with van der Waals surface area (Å²) >= 11 is 0. The van der Waals surface area contributed by atoms with Crippen molar-refractivity contribution in [1.29, 1.82) is 0 Å². The number of hydrogen-bond donors (Lipinski definition) is 2. The molecule has 0 atom stereocenters. The van der Waals surface area contributed by atoms with Crippen LogP contribution in [0.5, 0.6) is 11.5 Å². The molecule has 0 saturated heterocycles. The summed E-state index contributed by atoms with van der Waals surface area (Å²) in [5.74, 6) is -0.238. The van der Waals surface area contributed by atoms with Crippen LogP contribution in [0.15, 0.2) is 47.6 Å². The van der Waals surface area contributed by atoms with E-state index in [9.17, 15) is 14.7 Å². The number of carbonyl (C=O) groups is 2. The molecule has 2 aromatic rings. The highest BCUT2D eigenvalue weighted by molar-refractivity contribution is 5.85. The number of nitrogens with one attached hydrogen (secondary N) is 1. The Hall–Kier alpha value is -3.55. The van der Waals surface area contributed by atoms with Gasteiger partial charge in [0.1, 0.15) is 6.61 Å². The summed E-state index contributed by atoms with van der Waals surface area (Å²) in [4.78, 5) is 21.3. The van der Waals surface area contributed by atoms with Gasteiger partial charge in [-0.2, -0.15) is 5.10 Å². The predicted octanol–water partition coefficient (Wildman–Crippen LogP) is 0.640. The van der Waals surface area contributed by atoms with E-state index >= 15 is 0 Å². The molecule has 2 rings (SSSR count). The fraction of sp³-hybridized carbons (Fsp3) is 0.118. The molecule has 0 unspecified atom stereocenters. The van der Waals surface area contributed by atoms with Gasteiger partial charge in [-0.15, -0.1) is 0 Å². The third-order valence-electron chi connectivity index (χ3n) is 3.16. The molecule has 0 heterocycles. The van der Waals surface area contributed by atoms with E-state index in [1.807, 2.05) is 0 Å². The van der Waals surface area contributed by atoms with Crippen LogP contribution in [0, 0.1) is 0 Å². The van der Waals surface area contributed by atoms with Crippen LogP contribution in [-0.4, -0.2) is 25.3 Å². The quantitative estimate of drug-likeness (QED) is 0.564. The Morgan fingerprint density at radius 3 is 2.52 bits per heavy atom. The Balaban J connectivity index is 2.04. The Labute approximate surface area is 143 Å². The molecule has 2 aromatic carbocycles. The van der Waals surface area contributed by atoms with Gasteiger partial charge in [0.05, 0.1) is 19.3 Å². The summed E-state index contributed by atoms with van der Waals surface area (Å²) < 4.78 is 11.0. The minimum atomic E-state index is -1.22. The van der Waals surface area contributed by atoms with E-state index in [0.717, 1.165) is 5.56 Å². The first-order valence-electron chi connectivity index (χ1n) is 7.19. The second kappa shape index (κ2) is 8.34. The van der Waals surface area contributed by atoms with Crippen molar-refractivity contribution in [2.24, 2.45) is 10.8 Å². The maximum Gasteiger partial charge on any atom is 0.332 e. The number of aromatic carboxylic acids is 1. The zero-order chi connectivity index (χ0) is 18.2. The van der Waals surface area contributed by atoms with Crippen LogP contribution in [0.3, 0.4) is 0 Å². The molecule has 25 heavy (non-hydrogen) atoms. The lowest BCUT2D eigenvalue weighted by molar-refractivity contribution is -0.255. The smallest absolute Gasteiger partial charge is 0.332 e. The van der Waals surface area contributed by atoms with Gasteiger partial charge in [0.25, 0.3) is 0 Å². The first-order chi connectivity index (χ1) is 12.0. The number of amides is 2. The molecule has 8 heteroatoms. The van der Waals surface area contributed by atoms with Crippen LogP contribution in [0.2, 0.25) is 0 Å². The Kier molecular flexibility index (Phi) is 5.94. The highest BCUT2D eigenvalue weighted by Gasteiger charge is 2.06. The topological polar surface area (TPSA) is 126 Å². The molecule has 130 valence electrons. The summed E-state index contributed by atoms with van der Waals surface area (Å²) in [6.45, 7) is 0.236. The third kappa shape index (κ3) is 5.24. The van der Waals surface area contributed by atoms with Gasteiger partial charge in [-0.25, -0.2) is 10.2 Å². The molecular weight excluding hydrogens is 326 g/mol. The van der Waals surface area contributed by atoms with Crippen molar-refractivity contribution in [3.63, 3.8) is 0 Å². The summed E-state index contributed by atoms with van der Waals surface area (Å²) in [5.41, 5.74) is 8.59. The zero-order valence-electron chi connectivity index (χ0n) is 13.4. The van der Waals surface area contributed by atoms with Crippen molar-refractivity contribution >= 4 is 18.2 Å². The second-order valence-corrected chi connectivity index (χ2v) is 4.92. The van der Waals surface area contributed by atoms with Gasteiger partial charge in [-0.05, 0) is 34.9 Å². The number of hydrogen-bond acceptors (Lipinski definition) is 6. The van der Waals surface area contributed by atoms with Crippen molar-refractivity contribution in [3.8, 4) is 11.5 Å². The number of benzene rings is 2. The molecule has 2 amide bonds. The molecule has 0 radical (unpaired) electrons. The van der Waals surface area contributed by atoms with Gasteiger partial charge in [0.2, 0.25) is 0 Å². The van der Waals surface area contributed by atoms with Crippen molar-refractivity contribution in [3.05, 3.63) is 59.2 Å². The first kappa shape index (κ1) is 17.8. The monoisotopic (exact) mass is 342 g/mol. The highest BCUT2D eigenvalue weighted by Crippen LogP contribution is 2.28. The second-order valence-electron chi connectivity index (χ2n) is 4.92. The van der Waals surface area contributed by atoms with Crippen LogP contribution in [0.4, 0.5) is 4.79 Å². The Morgan fingerprint density at radius 1 is 1.20 bits per heavy atom. The molecule has 8 nitrogen and oxygen atoms in total. The number of rotatable bonds is 7. The number of methoxy groups -OCH3 is 1. The zero-order valence-corrected chi connectivity index (χ0v) is 13.4. The number of carbonyl (C=O) groups excluding carboxylic acids is 2. The predicted molar refractivity (Wildman–Crippen MR) is 88.4 cm³/mol. The van der Waals surface area contributed by atoms with Crippen LogP contribution in [0.25, 0.3) is 0 Å². The summed E-state index contributed by atoms with van der Waals surface area (Å²) in [6.07, 6.45) is 1.41. The van der Waals surface area contributed by atoms with E-state index in [4.69, 9.17) is 15.2 Å². The van der Waals surface area contributed by atoms with Gasteiger partial charge in [0, 0.05) is 0 Å².